The first-order chi connectivity index (χ1) is 8.38. The molecule has 3 N–H and O–H groups in total. The van der Waals surface area contributed by atoms with Crippen molar-refractivity contribution in [3.63, 3.8) is 0 Å². The largest absolute Gasteiger partial charge is 0.368 e. The zero-order valence-corrected chi connectivity index (χ0v) is 11.4. The molecular weight excluding hydrogens is 224 g/mol. The number of hydrogen-bond acceptors (Lipinski definition) is 2. The third kappa shape index (κ3) is 2.72. The second-order valence-electron chi connectivity index (χ2n) is 5.91. The summed E-state index contributed by atoms with van der Waals surface area (Å²) >= 11 is 0. The first-order valence-corrected chi connectivity index (χ1v) is 6.52. The van der Waals surface area contributed by atoms with Crippen LogP contribution in [-0.4, -0.2) is 17.5 Å². The van der Waals surface area contributed by atoms with E-state index in [1.807, 2.05) is 13.8 Å². The number of benzene rings is 1. The average molecular weight is 246 g/mol. The van der Waals surface area contributed by atoms with Crippen molar-refractivity contribution < 1.29 is 4.79 Å². The fourth-order valence-electron chi connectivity index (χ4n) is 2.43. The summed E-state index contributed by atoms with van der Waals surface area (Å²) < 4.78 is 0. The van der Waals surface area contributed by atoms with E-state index in [2.05, 4.69) is 36.5 Å². The Morgan fingerprint density at radius 3 is 2.33 bits per heavy atom. The SMILES string of the molecule is Cc1ccc(C2CC(NC(C)(C)C(N)=O)C2)cc1. The molecule has 0 heterocycles. The lowest BCUT2D eigenvalue weighted by molar-refractivity contribution is -0.123. The highest BCUT2D eigenvalue weighted by Gasteiger charge is 2.35. The second-order valence-corrected chi connectivity index (χ2v) is 5.91. The minimum absolute atomic E-state index is 0.290. The van der Waals surface area contributed by atoms with Gasteiger partial charge in [-0.2, -0.15) is 0 Å². The molecule has 0 aliphatic heterocycles. The molecule has 98 valence electrons. The molecule has 18 heavy (non-hydrogen) atoms. The number of aryl methyl sites for hydroxylation is 1. The Balaban J connectivity index is 1.87. The Kier molecular flexibility index (Phi) is 3.44. The molecule has 3 nitrogen and oxygen atoms in total. The molecule has 0 radical (unpaired) electrons. The summed E-state index contributed by atoms with van der Waals surface area (Å²) in [6, 6.07) is 9.12. The van der Waals surface area contributed by atoms with E-state index in [1.54, 1.807) is 0 Å². The Morgan fingerprint density at radius 2 is 1.83 bits per heavy atom. The highest BCUT2D eigenvalue weighted by Crippen LogP contribution is 2.37. The maximum absolute atomic E-state index is 11.2. The summed E-state index contributed by atoms with van der Waals surface area (Å²) in [6.45, 7) is 5.79. The first-order valence-electron chi connectivity index (χ1n) is 6.52. The number of hydrogen-bond donors (Lipinski definition) is 2. The van der Waals surface area contributed by atoms with Crippen molar-refractivity contribution in [3.8, 4) is 0 Å². The Morgan fingerprint density at radius 1 is 1.28 bits per heavy atom. The number of nitrogens with one attached hydrogen (secondary N) is 1. The van der Waals surface area contributed by atoms with Crippen molar-refractivity contribution in [2.75, 3.05) is 0 Å². The van der Waals surface area contributed by atoms with Crippen molar-refractivity contribution >= 4 is 5.91 Å². The summed E-state index contributed by atoms with van der Waals surface area (Å²) in [6.07, 6.45) is 2.17. The molecule has 0 saturated heterocycles. The van der Waals surface area contributed by atoms with Gasteiger partial charge >= 0.3 is 0 Å². The van der Waals surface area contributed by atoms with E-state index in [4.69, 9.17) is 5.73 Å². The van der Waals surface area contributed by atoms with Crippen LogP contribution < -0.4 is 11.1 Å². The molecule has 1 amide bonds. The van der Waals surface area contributed by atoms with Crippen LogP contribution in [0.1, 0.15) is 43.7 Å². The number of carbonyl (C=O) groups is 1. The molecule has 0 spiro atoms. The first kappa shape index (κ1) is 13.1. The van der Waals surface area contributed by atoms with Crippen molar-refractivity contribution in [1.82, 2.24) is 5.32 Å². The second kappa shape index (κ2) is 4.73. The van der Waals surface area contributed by atoms with Gasteiger partial charge in [0.25, 0.3) is 0 Å². The summed E-state index contributed by atoms with van der Waals surface area (Å²) in [5.41, 5.74) is 7.44. The van der Waals surface area contributed by atoms with Crippen LogP contribution in [0.3, 0.4) is 0 Å². The molecule has 1 aromatic rings. The molecule has 1 aliphatic carbocycles. The number of amides is 1. The van der Waals surface area contributed by atoms with E-state index in [9.17, 15) is 4.79 Å². The van der Waals surface area contributed by atoms with Gasteiger partial charge in [-0.05, 0) is 45.1 Å². The summed E-state index contributed by atoms with van der Waals surface area (Å²) in [7, 11) is 0. The van der Waals surface area contributed by atoms with Crippen LogP contribution in [0.25, 0.3) is 0 Å². The molecule has 0 atom stereocenters. The van der Waals surface area contributed by atoms with Gasteiger partial charge in [0.05, 0.1) is 5.54 Å². The molecule has 2 rings (SSSR count). The number of primary amides is 1. The van der Waals surface area contributed by atoms with Gasteiger partial charge in [-0.15, -0.1) is 0 Å². The van der Waals surface area contributed by atoms with Gasteiger partial charge < -0.3 is 11.1 Å². The van der Waals surface area contributed by atoms with Crippen LogP contribution in [0.15, 0.2) is 24.3 Å². The number of carbonyl (C=O) groups excluding carboxylic acids is 1. The van der Waals surface area contributed by atoms with Gasteiger partial charge in [0.15, 0.2) is 0 Å². The quantitative estimate of drug-likeness (QED) is 0.854. The Labute approximate surface area is 109 Å². The molecule has 3 heteroatoms. The summed E-state index contributed by atoms with van der Waals surface area (Å²) in [5, 5.41) is 3.33. The van der Waals surface area contributed by atoms with Gasteiger partial charge in [-0.1, -0.05) is 29.8 Å². The van der Waals surface area contributed by atoms with E-state index in [1.165, 1.54) is 11.1 Å². The zero-order valence-electron chi connectivity index (χ0n) is 11.4. The topological polar surface area (TPSA) is 55.1 Å². The molecule has 1 saturated carbocycles. The average Bonchev–Trinajstić information content (AvgIpc) is 2.24. The van der Waals surface area contributed by atoms with Gasteiger partial charge in [-0.25, -0.2) is 0 Å². The highest BCUT2D eigenvalue weighted by atomic mass is 16.1. The summed E-state index contributed by atoms with van der Waals surface area (Å²) in [4.78, 5) is 11.2. The van der Waals surface area contributed by atoms with Crippen molar-refractivity contribution in [2.24, 2.45) is 5.73 Å². The molecule has 1 aliphatic rings. The minimum atomic E-state index is -0.608. The third-order valence-electron chi connectivity index (χ3n) is 3.87. The van der Waals surface area contributed by atoms with Crippen molar-refractivity contribution in [2.45, 2.75) is 51.1 Å². The van der Waals surface area contributed by atoms with Crippen LogP contribution in [0, 0.1) is 6.92 Å². The highest BCUT2D eigenvalue weighted by molar-refractivity contribution is 5.83. The monoisotopic (exact) mass is 246 g/mol. The molecule has 0 aromatic heterocycles. The fourth-order valence-corrected chi connectivity index (χ4v) is 2.43. The van der Waals surface area contributed by atoms with Gasteiger partial charge in [0.2, 0.25) is 5.91 Å². The molecule has 1 aromatic carbocycles. The van der Waals surface area contributed by atoms with Gasteiger partial charge in [-0.3, -0.25) is 4.79 Å². The predicted molar refractivity (Wildman–Crippen MR) is 73.4 cm³/mol. The molecular formula is C15H22N2O. The smallest absolute Gasteiger partial charge is 0.237 e. The predicted octanol–water partition coefficient (Wildman–Crippen LogP) is 2.09. The zero-order chi connectivity index (χ0) is 13.3. The Hall–Kier alpha value is -1.35. The number of nitrogens with two attached hydrogens (primary N) is 1. The van der Waals surface area contributed by atoms with E-state index < -0.39 is 5.54 Å². The van der Waals surface area contributed by atoms with E-state index >= 15 is 0 Å². The van der Waals surface area contributed by atoms with Crippen LogP contribution in [0.5, 0.6) is 0 Å². The van der Waals surface area contributed by atoms with Gasteiger partial charge in [0, 0.05) is 6.04 Å². The van der Waals surface area contributed by atoms with E-state index in [-0.39, 0.29) is 5.91 Å². The molecule has 1 fully saturated rings. The maximum atomic E-state index is 11.2. The van der Waals surface area contributed by atoms with Crippen LogP contribution in [0.2, 0.25) is 0 Å². The van der Waals surface area contributed by atoms with Crippen LogP contribution in [0.4, 0.5) is 0 Å². The lowest BCUT2D eigenvalue weighted by Crippen LogP contribution is -2.57. The molecule has 0 unspecified atom stereocenters. The molecule has 0 bridgehead atoms. The van der Waals surface area contributed by atoms with Crippen molar-refractivity contribution in [3.05, 3.63) is 35.4 Å². The lowest BCUT2D eigenvalue weighted by atomic mass is 9.75. The van der Waals surface area contributed by atoms with E-state index in [0.717, 1.165) is 12.8 Å². The summed E-state index contributed by atoms with van der Waals surface area (Å²) in [5.74, 6) is 0.327. The third-order valence-corrected chi connectivity index (χ3v) is 3.87. The van der Waals surface area contributed by atoms with Crippen LogP contribution >= 0.6 is 0 Å². The van der Waals surface area contributed by atoms with Crippen molar-refractivity contribution in [1.29, 1.82) is 0 Å². The van der Waals surface area contributed by atoms with Crippen LogP contribution in [-0.2, 0) is 4.79 Å². The maximum Gasteiger partial charge on any atom is 0.237 e. The lowest BCUT2D eigenvalue weighted by Gasteiger charge is -2.40. The number of rotatable bonds is 4. The standard InChI is InChI=1S/C15H22N2O/c1-10-4-6-11(7-5-10)12-8-13(9-12)17-15(2,3)14(16)18/h4-7,12-13,17H,8-9H2,1-3H3,(H2,16,18). The normalized spacial score (nSPS) is 23.5. The minimum Gasteiger partial charge on any atom is -0.368 e. The Bertz CT molecular complexity index is 430. The van der Waals surface area contributed by atoms with Gasteiger partial charge in [0.1, 0.15) is 0 Å². The van der Waals surface area contributed by atoms with E-state index in [0.29, 0.717) is 12.0 Å². The fraction of sp³-hybridized carbons (Fsp3) is 0.533.